The predicted octanol–water partition coefficient (Wildman–Crippen LogP) is 3.54. The summed E-state index contributed by atoms with van der Waals surface area (Å²) < 4.78 is 5.64. The van der Waals surface area contributed by atoms with Gasteiger partial charge < -0.3 is 9.73 Å². The van der Waals surface area contributed by atoms with Gasteiger partial charge in [0.2, 0.25) is 0 Å². The number of para-hydroxylation sites is 1. The topological polar surface area (TPSA) is 25.2 Å². The molecule has 0 bridgehead atoms. The van der Waals surface area contributed by atoms with Crippen LogP contribution in [0.1, 0.15) is 31.2 Å². The van der Waals surface area contributed by atoms with Gasteiger partial charge in [-0.25, -0.2) is 0 Å². The molecular formula is C15H19NO. The molecule has 2 heteroatoms. The Balaban J connectivity index is 1.92. The number of piperidine rings is 1. The SMILES string of the molecule is CC(c1coc2ccccc12)C1CCCNC1. The van der Waals surface area contributed by atoms with E-state index in [-0.39, 0.29) is 0 Å². The summed E-state index contributed by atoms with van der Waals surface area (Å²) >= 11 is 0. The van der Waals surface area contributed by atoms with Gasteiger partial charge in [0.15, 0.2) is 0 Å². The molecule has 17 heavy (non-hydrogen) atoms. The first-order valence-electron chi connectivity index (χ1n) is 6.53. The fourth-order valence-electron chi connectivity index (χ4n) is 2.91. The standard InChI is InChI=1S/C15H19NO/c1-11(12-5-4-8-16-9-12)14-10-17-15-7-3-2-6-13(14)15/h2-3,6-7,10-12,16H,4-5,8-9H2,1H3. The van der Waals surface area contributed by atoms with E-state index in [0.717, 1.165) is 18.0 Å². The Hall–Kier alpha value is -1.28. The van der Waals surface area contributed by atoms with Gasteiger partial charge in [-0.3, -0.25) is 0 Å². The number of hydrogen-bond donors (Lipinski definition) is 1. The number of rotatable bonds is 2. The zero-order valence-corrected chi connectivity index (χ0v) is 10.3. The molecular weight excluding hydrogens is 210 g/mol. The Kier molecular flexibility index (Phi) is 2.89. The van der Waals surface area contributed by atoms with Gasteiger partial charge >= 0.3 is 0 Å². The summed E-state index contributed by atoms with van der Waals surface area (Å²) in [6, 6.07) is 8.33. The lowest BCUT2D eigenvalue weighted by Gasteiger charge is -2.28. The first-order valence-corrected chi connectivity index (χ1v) is 6.53. The molecule has 3 rings (SSSR count). The van der Waals surface area contributed by atoms with E-state index in [1.165, 1.54) is 30.3 Å². The molecule has 1 aromatic heterocycles. The molecule has 1 aliphatic heterocycles. The van der Waals surface area contributed by atoms with E-state index in [2.05, 4.69) is 24.4 Å². The largest absolute Gasteiger partial charge is 0.464 e. The average molecular weight is 229 g/mol. The van der Waals surface area contributed by atoms with Gasteiger partial charge in [0.05, 0.1) is 6.26 Å². The van der Waals surface area contributed by atoms with Crippen LogP contribution in [0.3, 0.4) is 0 Å². The summed E-state index contributed by atoms with van der Waals surface area (Å²) in [6.45, 7) is 4.64. The van der Waals surface area contributed by atoms with E-state index in [0.29, 0.717) is 5.92 Å². The van der Waals surface area contributed by atoms with Crippen molar-refractivity contribution in [2.45, 2.75) is 25.7 Å². The zero-order valence-electron chi connectivity index (χ0n) is 10.3. The summed E-state index contributed by atoms with van der Waals surface area (Å²) in [5, 5.41) is 4.78. The molecule has 2 nitrogen and oxygen atoms in total. The third-order valence-corrected chi connectivity index (χ3v) is 4.04. The zero-order chi connectivity index (χ0) is 11.7. The molecule has 2 atom stereocenters. The first-order chi connectivity index (χ1) is 8.36. The van der Waals surface area contributed by atoms with Gasteiger partial charge in [0.25, 0.3) is 0 Å². The molecule has 0 spiro atoms. The van der Waals surface area contributed by atoms with Crippen molar-refractivity contribution in [3.63, 3.8) is 0 Å². The molecule has 2 unspecified atom stereocenters. The highest BCUT2D eigenvalue weighted by Crippen LogP contribution is 2.34. The number of hydrogen-bond acceptors (Lipinski definition) is 2. The lowest BCUT2D eigenvalue weighted by molar-refractivity contribution is 0.334. The predicted molar refractivity (Wildman–Crippen MR) is 70.2 cm³/mol. The van der Waals surface area contributed by atoms with Crippen molar-refractivity contribution in [3.05, 3.63) is 36.1 Å². The van der Waals surface area contributed by atoms with E-state index >= 15 is 0 Å². The Morgan fingerprint density at radius 3 is 3.06 bits per heavy atom. The maximum absolute atomic E-state index is 5.64. The second-order valence-corrected chi connectivity index (χ2v) is 5.08. The molecule has 0 radical (unpaired) electrons. The molecule has 90 valence electrons. The van der Waals surface area contributed by atoms with Crippen molar-refractivity contribution in [1.29, 1.82) is 0 Å². The van der Waals surface area contributed by atoms with Gasteiger partial charge in [-0.2, -0.15) is 0 Å². The molecule has 1 N–H and O–H groups in total. The summed E-state index contributed by atoms with van der Waals surface area (Å²) in [6.07, 6.45) is 4.57. The highest BCUT2D eigenvalue weighted by Gasteiger charge is 2.23. The quantitative estimate of drug-likeness (QED) is 0.852. The van der Waals surface area contributed by atoms with Crippen LogP contribution in [0.15, 0.2) is 34.9 Å². The van der Waals surface area contributed by atoms with Crippen molar-refractivity contribution in [1.82, 2.24) is 5.32 Å². The van der Waals surface area contributed by atoms with Crippen molar-refractivity contribution < 1.29 is 4.42 Å². The van der Waals surface area contributed by atoms with Crippen LogP contribution < -0.4 is 5.32 Å². The van der Waals surface area contributed by atoms with Crippen LogP contribution in [-0.4, -0.2) is 13.1 Å². The van der Waals surface area contributed by atoms with E-state index in [9.17, 15) is 0 Å². The molecule has 1 aromatic carbocycles. The monoisotopic (exact) mass is 229 g/mol. The Bertz CT molecular complexity index is 496. The molecule has 2 aromatic rings. The Labute approximate surface area is 102 Å². The lowest BCUT2D eigenvalue weighted by atomic mass is 9.83. The second kappa shape index (κ2) is 4.53. The van der Waals surface area contributed by atoms with Crippen LogP contribution in [0.4, 0.5) is 0 Å². The maximum Gasteiger partial charge on any atom is 0.134 e. The molecule has 2 heterocycles. The van der Waals surface area contributed by atoms with Crippen molar-refractivity contribution in [3.8, 4) is 0 Å². The van der Waals surface area contributed by atoms with Crippen molar-refractivity contribution in [2.75, 3.05) is 13.1 Å². The minimum Gasteiger partial charge on any atom is -0.464 e. The van der Waals surface area contributed by atoms with Gasteiger partial charge in [0.1, 0.15) is 5.58 Å². The molecule has 1 fully saturated rings. The highest BCUT2D eigenvalue weighted by atomic mass is 16.3. The minimum atomic E-state index is 0.575. The second-order valence-electron chi connectivity index (χ2n) is 5.08. The highest BCUT2D eigenvalue weighted by molar-refractivity contribution is 5.81. The van der Waals surface area contributed by atoms with Gasteiger partial charge in [-0.05, 0) is 43.8 Å². The van der Waals surface area contributed by atoms with Crippen LogP contribution in [0.25, 0.3) is 11.0 Å². The van der Waals surface area contributed by atoms with Crippen LogP contribution in [-0.2, 0) is 0 Å². The third-order valence-electron chi connectivity index (χ3n) is 4.04. The Morgan fingerprint density at radius 2 is 2.24 bits per heavy atom. The maximum atomic E-state index is 5.64. The van der Waals surface area contributed by atoms with E-state index in [4.69, 9.17) is 4.42 Å². The summed E-state index contributed by atoms with van der Waals surface area (Å²) in [5.41, 5.74) is 2.38. The van der Waals surface area contributed by atoms with Gasteiger partial charge in [0, 0.05) is 10.9 Å². The number of benzene rings is 1. The van der Waals surface area contributed by atoms with E-state index in [1.54, 1.807) is 0 Å². The molecule has 1 aliphatic rings. The lowest BCUT2D eigenvalue weighted by Crippen LogP contribution is -2.32. The smallest absolute Gasteiger partial charge is 0.134 e. The number of furan rings is 1. The number of fused-ring (bicyclic) bond motifs is 1. The van der Waals surface area contributed by atoms with E-state index in [1.807, 2.05) is 18.4 Å². The molecule has 0 aliphatic carbocycles. The number of nitrogens with one attached hydrogen (secondary N) is 1. The van der Waals surface area contributed by atoms with Crippen LogP contribution in [0.5, 0.6) is 0 Å². The Morgan fingerprint density at radius 1 is 1.35 bits per heavy atom. The van der Waals surface area contributed by atoms with Crippen molar-refractivity contribution >= 4 is 11.0 Å². The average Bonchev–Trinajstić information content (AvgIpc) is 2.83. The fourth-order valence-corrected chi connectivity index (χ4v) is 2.91. The van der Waals surface area contributed by atoms with Crippen molar-refractivity contribution in [2.24, 2.45) is 5.92 Å². The summed E-state index contributed by atoms with van der Waals surface area (Å²) in [4.78, 5) is 0. The molecule has 0 saturated carbocycles. The molecule has 1 saturated heterocycles. The van der Waals surface area contributed by atoms with Gasteiger partial charge in [-0.1, -0.05) is 25.1 Å². The summed E-state index contributed by atoms with van der Waals surface area (Å²) in [7, 11) is 0. The van der Waals surface area contributed by atoms with Crippen LogP contribution in [0, 0.1) is 5.92 Å². The first kappa shape index (κ1) is 10.8. The molecule has 0 amide bonds. The fraction of sp³-hybridized carbons (Fsp3) is 0.467. The third kappa shape index (κ3) is 1.98. The normalized spacial score (nSPS) is 22.8. The summed E-state index contributed by atoms with van der Waals surface area (Å²) in [5.74, 6) is 1.32. The van der Waals surface area contributed by atoms with Crippen LogP contribution >= 0.6 is 0 Å². The minimum absolute atomic E-state index is 0.575. The van der Waals surface area contributed by atoms with Gasteiger partial charge in [-0.15, -0.1) is 0 Å². The van der Waals surface area contributed by atoms with Crippen LogP contribution in [0.2, 0.25) is 0 Å². The van der Waals surface area contributed by atoms with E-state index < -0.39 is 0 Å².